The highest BCUT2D eigenvalue weighted by Crippen LogP contribution is 2.14. The van der Waals surface area contributed by atoms with Gasteiger partial charge in [-0.2, -0.15) is 0 Å². The quantitative estimate of drug-likeness (QED) is 0.0797. The van der Waals surface area contributed by atoms with Crippen LogP contribution < -0.4 is 10.6 Å². The number of unbranched alkanes of at least 4 members (excludes halogenated alkanes) is 22. The van der Waals surface area contributed by atoms with Crippen LogP contribution >= 0.6 is 0 Å². The Bertz CT molecular complexity index is 810. The maximum Gasteiger partial charge on any atom is 0.335 e. The minimum atomic E-state index is -1.15. The third-order valence-corrected chi connectivity index (χ3v) is 8.34. The molecular weight excluding hydrogens is 536 g/mol. The van der Waals surface area contributed by atoms with Gasteiger partial charge in [-0.05, 0) is 31.0 Å². The number of hydrogen-bond donors (Lipinski definition) is 3. The molecule has 0 bridgehead atoms. The van der Waals surface area contributed by atoms with E-state index in [1.54, 1.807) is 0 Å². The highest BCUT2D eigenvalue weighted by atomic mass is 16.4. The Morgan fingerprint density at radius 2 is 0.698 bits per heavy atom. The Hall–Kier alpha value is -2.37. The fraction of sp³-hybridized carbons (Fsp3) is 0.757. The second-order valence-electron chi connectivity index (χ2n) is 12.4. The summed E-state index contributed by atoms with van der Waals surface area (Å²) in [5, 5.41) is 15.3. The Labute approximate surface area is 263 Å². The van der Waals surface area contributed by atoms with Gasteiger partial charge in [-0.25, -0.2) is 4.79 Å². The Balaban J connectivity index is 2.25. The second-order valence-corrected chi connectivity index (χ2v) is 12.4. The van der Waals surface area contributed by atoms with Crippen molar-refractivity contribution >= 4 is 17.8 Å². The molecule has 0 saturated carbocycles. The molecule has 6 heteroatoms. The summed E-state index contributed by atoms with van der Waals surface area (Å²) in [6.07, 6.45) is 30.1. The monoisotopic (exact) mass is 600 g/mol. The largest absolute Gasteiger partial charge is 0.478 e. The molecule has 0 aliphatic heterocycles. The lowest BCUT2D eigenvalue weighted by Crippen LogP contribution is -2.27. The van der Waals surface area contributed by atoms with E-state index in [9.17, 15) is 19.5 Å². The normalized spacial score (nSPS) is 11.0. The van der Waals surface area contributed by atoms with Crippen LogP contribution in [0.5, 0.6) is 0 Å². The van der Waals surface area contributed by atoms with E-state index in [1.165, 1.54) is 147 Å². The van der Waals surface area contributed by atoms with Crippen molar-refractivity contribution in [1.82, 2.24) is 10.6 Å². The first-order valence-electron chi connectivity index (χ1n) is 17.9. The van der Waals surface area contributed by atoms with Gasteiger partial charge in [-0.15, -0.1) is 0 Å². The van der Waals surface area contributed by atoms with Crippen LogP contribution in [0.25, 0.3) is 0 Å². The molecule has 0 aliphatic carbocycles. The minimum Gasteiger partial charge on any atom is -0.478 e. The van der Waals surface area contributed by atoms with E-state index >= 15 is 0 Å². The first kappa shape index (κ1) is 38.7. The topological polar surface area (TPSA) is 95.5 Å². The Morgan fingerprint density at radius 3 is 0.977 bits per heavy atom. The molecule has 2 amide bonds. The lowest BCUT2D eigenvalue weighted by molar-refractivity contribution is 0.0697. The lowest BCUT2D eigenvalue weighted by atomic mass is 10.0. The van der Waals surface area contributed by atoms with Crippen LogP contribution in [-0.4, -0.2) is 36.0 Å². The molecule has 43 heavy (non-hydrogen) atoms. The number of hydrogen-bond acceptors (Lipinski definition) is 3. The summed E-state index contributed by atoms with van der Waals surface area (Å²) in [6.45, 7) is 5.60. The van der Waals surface area contributed by atoms with Crippen LogP contribution in [0.15, 0.2) is 18.2 Å². The summed E-state index contributed by atoms with van der Waals surface area (Å²) in [5.41, 5.74) is 0.386. The number of carboxylic acids is 1. The zero-order chi connectivity index (χ0) is 31.4. The van der Waals surface area contributed by atoms with Gasteiger partial charge >= 0.3 is 5.97 Å². The summed E-state index contributed by atoms with van der Waals surface area (Å²) in [5.74, 6) is -1.81. The fourth-order valence-corrected chi connectivity index (χ4v) is 5.55. The second kappa shape index (κ2) is 27.2. The number of carbonyl (C=O) groups excluding carboxylic acids is 2. The standard InChI is InChI=1S/C37H64N2O4/c1-3-5-7-9-11-13-15-17-19-21-23-25-27-38-35(40)32-29-33(31-34(30-32)37(42)43)36(41)39-28-26-24-22-20-18-16-14-12-10-8-6-4-2/h29-31H,3-28H2,1-2H3,(H,38,40)(H,39,41)(H,42,43). The predicted molar refractivity (Wildman–Crippen MR) is 180 cm³/mol. The van der Waals surface area contributed by atoms with E-state index in [1.807, 2.05) is 0 Å². The Morgan fingerprint density at radius 1 is 0.442 bits per heavy atom. The van der Waals surface area contributed by atoms with E-state index < -0.39 is 5.97 Å². The van der Waals surface area contributed by atoms with E-state index in [-0.39, 0.29) is 28.5 Å². The number of aromatic carboxylic acids is 1. The van der Waals surface area contributed by atoms with Crippen molar-refractivity contribution in [3.63, 3.8) is 0 Å². The van der Waals surface area contributed by atoms with Crippen molar-refractivity contribution in [2.75, 3.05) is 13.1 Å². The predicted octanol–water partition coefficient (Wildman–Crippen LogP) is 10.2. The van der Waals surface area contributed by atoms with Gasteiger partial charge in [-0.3, -0.25) is 9.59 Å². The zero-order valence-corrected chi connectivity index (χ0v) is 27.8. The van der Waals surface area contributed by atoms with Gasteiger partial charge in [0.2, 0.25) is 0 Å². The van der Waals surface area contributed by atoms with Crippen LogP contribution in [0.4, 0.5) is 0 Å². The maximum absolute atomic E-state index is 12.7. The molecule has 1 aromatic rings. The molecule has 0 unspecified atom stereocenters. The van der Waals surface area contributed by atoms with Gasteiger partial charge in [-0.1, -0.05) is 155 Å². The third-order valence-electron chi connectivity index (χ3n) is 8.34. The van der Waals surface area contributed by atoms with Gasteiger partial charge in [0.1, 0.15) is 0 Å². The SMILES string of the molecule is CCCCCCCCCCCCCCNC(=O)c1cc(C(=O)O)cc(C(=O)NCCCCCCCCCCCCCC)c1. The number of amides is 2. The molecule has 0 saturated heterocycles. The van der Waals surface area contributed by atoms with Gasteiger partial charge < -0.3 is 15.7 Å². The minimum absolute atomic E-state index is 0.0477. The van der Waals surface area contributed by atoms with Crippen LogP contribution in [0.1, 0.15) is 199 Å². The molecule has 6 nitrogen and oxygen atoms in total. The van der Waals surface area contributed by atoms with Gasteiger partial charge in [0, 0.05) is 24.2 Å². The number of carbonyl (C=O) groups is 3. The van der Waals surface area contributed by atoms with Crippen molar-refractivity contribution in [2.45, 2.75) is 168 Å². The number of carboxylic acid groups (broad SMARTS) is 1. The summed E-state index contributed by atoms with van der Waals surface area (Å²) < 4.78 is 0. The molecule has 246 valence electrons. The zero-order valence-electron chi connectivity index (χ0n) is 27.8. The van der Waals surface area contributed by atoms with Gasteiger partial charge in [0.05, 0.1) is 5.56 Å². The summed E-state index contributed by atoms with van der Waals surface area (Å²) in [7, 11) is 0. The van der Waals surface area contributed by atoms with Crippen molar-refractivity contribution in [2.24, 2.45) is 0 Å². The summed E-state index contributed by atoms with van der Waals surface area (Å²) in [6, 6.07) is 4.20. The smallest absolute Gasteiger partial charge is 0.335 e. The average Bonchev–Trinajstić information content (AvgIpc) is 3.01. The van der Waals surface area contributed by atoms with Crippen LogP contribution in [0.3, 0.4) is 0 Å². The van der Waals surface area contributed by atoms with Crippen molar-refractivity contribution in [3.8, 4) is 0 Å². The highest BCUT2D eigenvalue weighted by Gasteiger charge is 2.16. The molecular formula is C37H64N2O4. The molecule has 1 aromatic carbocycles. The summed E-state index contributed by atoms with van der Waals surface area (Å²) in [4.78, 5) is 37.1. The lowest BCUT2D eigenvalue weighted by Gasteiger charge is -2.10. The molecule has 1 rings (SSSR count). The summed E-state index contributed by atoms with van der Waals surface area (Å²) >= 11 is 0. The van der Waals surface area contributed by atoms with Crippen LogP contribution in [-0.2, 0) is 0 Å². The van der Waals surface area contributed by atoms with E-state index in [4.69, 9.17) is 0 Å². The van der Waals surface area contributed by atoms with E-state index in [0.29, 0.717) is 13.1 Å². The van der Waals surface area contributed by atoms with Crippen LogP contribution in [0, 0.1) is 0 Å². The Kier molecular flexibility index (Phi) is 24.4. The molecule has 0 aliphatic rings. The number of benzene rings is 1. The van der Waals surface area contributed by atoms with Crippen molar-refractivity contribution < 1.29 is 19.5 Å². The molecule has 0 radical (unpaired) electrons. The molecule has 0 heterocycles. The molecule has 0 aromatic heterocycles. The molecule has 3 N–H and O–H groups in total. The third kappa shape index (κ3) is 21.1. The van der Waals surface area contributed by atoms with E-state index in [2.05, 4.69) is 24.5 Å². The molecule has 0 atom stereocenters. The molecule has 0 spiro atoms. The first-order chi connectivity index (χ1) is 21.0. The van der Waals surface area contributed by atoms with Crippen molar-refractivity contribution in [3.05, 3.63) is 34.9 Å². The highest BCUT2D eigenvalue weighted by molar-refractivity contribution is 6.03. The van der Waals surface area contributed by atoms with Gasteiger partial charge in [0.25, 0.3) is 11.8 Å². The van der Waals surface area contributed by atoms with Crippen LogP contribution in [0.2, 0.25) is 0 Å². The number of rotatable bonds is 29. The van der Waals surface area contributed by atoms with Gasteiger partial charge in [0.15, 0.2) is 0 Å². The number of nitrogens with one attached hydrogen (secondary N) is 2. The average molecular weight is 601 g/mol. The van der Waals surface area contributed by atoms with E-state index in [0.717, 1.165) is 25.7 Å². The first-order valence-corrected chi connectivity index (χ1v) is 17.9. The maximum atomic E-state index is 12.7. The molecule has 0 fully saturated rings. The van der Waals surface area contributed by atoms with Crippen molar-refractivity contribution in [1.29, 1.82) is 0 Å². The fourth-order valence-electron chi connectivity index (χ4n) is 5.55.